The minimum Gasteiger partial charge on any atom is -0.393 e. The van der Waals surface area contributed by atoms with Gasteiger partial charge in [-0.05, 0) is 12.8 Å². The van der Waals surface area contributed by atoms with E-state index in [1.54, 1.807) is 0 Å². The van der Waals surface area contributed by atoms with Gasteiger partial charge in [-0.1, -0.05) is 32.3 Å². The minimum atomic E-state index is -5.93. The Balaban J connectivity index is 4.34. The van der Waals surface area contributed by atoms with Crippen LogP contribution in [-0.2, 0) is 9.53 Å². The number of rotatable bonds is 12. The van der Waals surface area contributed by atoms with Crippen LogP contribution in [0.15, 0.2) is 12.7 Å². The van der Waals surface area contributed by atoms with Gasteiger partial charge >= 0.3 is 30.1 Å². The smallest absolute Gasteiger partial charge is 0.393 e. The molecule has 0 saturated heterocycles. The Morgan fingerprint density at radius 1 is 0.769 bits per heavy atom. The van der Waals surface area contributed by atoms with Crippen LogP contribution in [0.4, 0.5) is 39.5 Å². The van der Waals surface area contributed by atoms with Crippen LogP contribution in [0, 0.1) is 0 Å². The Labute approximate surface area is 144 Å². The maximum atomic E-state index is 13.4. The van der Waals surface area contributed by atoms with Crippen LogP contribution in [0.5, 0.6) is 0 Å². The summed E-state index contributed by atoms with van der Waals surface area (Å²) in [6.07, 6.45) is -12.5. The van der Waals surface area contributed by atoms with Crippen LogP contribution in [-0.4, -0.2) is 30.1 Å². The minimum absolute atomic E-state index is 0.0459. The maximum Gasteiger partial charge on any atom is 0.473 e. The summed E-state index contributed by atoms with van der Waals surface area (Å²) in [7, 11) is 0. The zero-order chi connectivity index (χ0) is 20.6. The van der Waals surface area contributed by atoms with Crippen LogP contribution in [0.1, 0.15) is 51.4 Å². The number of carbonyl (C=O) groups is 1. The largest absolute Gasteiger partial charge is 0.473 e. The normalized spacial score (nSPS) is 13.6. The van der Waals surface area contributed by atoms with Crippen molar-refractivity contribution in [3.05, 3.63) is 12.7 Å². The molecule has 0 radical (unpaired) electrons. The summed E-state index contributed by atoms with van der Waals surface area (Å²) in [6.45, 7) is 2.69. The van der Waals surface area contributed by atoms with Gasteiger partial charge in [-0.2, -0.15) is 39.5 Å². The lowest BCUT2D eigenvalue weighted by Crippen LogP contribution is -2.55. The van der Waals surface area contributed by atoms with Crippen molar-refractivity contribution in [2.24, 2.45) is 0 Å². The molecule has 0 spiro atoms. The molecule has 0 aromatic rings. The van der Waals surface area contributed by atoms with Crippen LogP contribution >= 0.6 is 0 Å². The van der Waals surface area contributed by atoms with E-state index >= 15 is 0 Å². The molecular weight excluding hydrogens is 383 g/mol. The molecule has 0 aliphatic rings. The molecule has 0 rings (SSSR count). The van der Waals surface area contributed by atoms with E-state index in [1.165, 1.54) is 0 Å². The van der Waals surface area contributed by atoms with Crippen molar-refractivity contribution in [1.29, 1.82) is 0 Å². The fraction of sp³-hybridized carbons (Fsp3) is 0.800. The van der Waals surface area contributed by atoms with E-state index in [1.807, 2.05) is 0 Å². The number of hydrogen-bond donors (Lipinski definition) is 0. The first kappa shape index (κ1) is 24.6. The van der Waals surface area contributed by atoms with Crippen LogP contribution < -0.4 is 0 Å². The third-order valence-corrected chi connectivity index (χ3v) is 3.42. The number of unbranched alkanes of at least 4 members (excludes halogenated alkanes) is 5. The first-order valence-corrected chi connectivity index (χ1v) is 7.72. The molecule has 0 fully saturated rings. The van der Waals surface area contributed by atoms with E-state index in [0.29, 0.717) is 0 Å². The molecule has 0 aromatic heterocycles. The topological polar surface area (TPSA) is 26.3 Å². The van der Waals surface area contributed by atoms with E-state index in [4.69, 9.17) is 0 Å². The van der Waals surface area contributed by atoms with E-state index in [9.17, 15) is 44.3 Å². The fourth-order valence-corrected chi connectivity index (χ4v) is 1.98. The van der Waals surface area contributed by atoms with Crippen molar-refractivity contribution < 1.29 is 49.0 Å². The summed E-state index contributed by atoms with van der Waals surface area (Å²) < 4.78 is 118. The first-order valence-electron chi connectivity index (χ1n) is 7.72. The number of hydrogen-bond acceptors (Lipinski definition) is 2. The van der Waals surface area contributed by atoms with Gasteiger partial charge in [-0.25, -0.2) is 4.79 Å². The van der Waals surface area contributed by atoms with Crippen LogP contribution in [0.2, 0.25) is 0 Å². The lowest BCUT2D eigenvalue weighted by molar-refractivity contribution is -0.384. The van der Waals surface area contributed by atoms with E-state index < -0.39 is 49.4 Å². The summed E-state index contributed by atoms with van der Waals surface area (Å²) in [5.74, 6) is -13.1. The number of halogens is 9. The molecule has 0 unspecified atom stereocenters. The van der Waals surface area contributed by atoms with Crippen molar-refractivity contribution in [2.45, 2.75) is 75.5 Å². The highest BCUT2D eigenvalue weighted by molar-refractivity contribution is 5.81. The SMILES string of the molecule is C=CC(=O)OC(F)(F)C(F)(F)C(F)(F)CCCCCCCCC(F)(F)F. The van der Waals surface area contributed by atoms with E-state index in [-0.39, 0.29) is 38.2 Å². The molecule has 0 aliphatic heterocycles. The average molecular weight is 402 g/mol. The number of esters is 1. The van der Waals surface area contributed by atoms with Gasteiger partial charge in [0.2, 0.25) is 0 Å². The zero-order valence-corrected chi connectivity index (χ0v) is 13.7. The molecule has 0 amide bonds. The summed E-state index contributed by atoms with van der Waals surface area (Å²) in [5.41, 5.74) is 0. The fourth-order valence-electron chi connectivity index (χ4n) is 1.98. The number of alkyl halides is 9. The quantitative estimate of drug-likeness (QED) is 0.167. The van der Waals surface area contributed by atoms with Crippen LogP contribution in [0.3, 0.4) is 0 Å². The van der Waals surface area contributed by atoms with Crippen LogP contribution in [0.25, 0.3) is 0 Å². The highest BCUT2D eigenvalue weighted by Gasteiger charge is 2.73. The summed E-state index contributed by atoms with van der Waals surface area (Å²) in [6, 6.07) is 0. The monoisotopic (exact) mass is 402 g/mol. The molecule has 0 atom stereocenters. The van der Waals surface area contributed by atoms with Crippen molar-refractivity contribution in [2.75, 3.05) is 0 Å². The van der Waals surface area contributed by atoms with Gasteiger partial charge in [0, 0.05) is 18.9 Å². The Morgan fingerprint density at radius 3 is 1.62 bits per heavy atom. The standard InChI is InChI=1S/C15H19F9O2/c1-2-11(25)26-15(23,24)14(21,22)12(16,17)9-7-5-3-4-6-8-10-13(18,19)20/h2H,1,3-10H2. The number of carbonyl (C=O) groups excluding carboxylic acids is 1. The lowest BCUT2D eigenvalue weighted by atomic mass is 10.0. The molecular formula is C15H19F9O2. The number of ether oxygens (including phenoxy) is 1. The Bertz CT molecular complexity index is 459. The van der Waals surface area contributed by atoms with Gasteiger partial charge in [0.15, 0.2) is 0 Å². The van der Waals surface area contributed by atoms with Gasteiger partial charge in [-0.3, -0.25) is 0 Å². The highest BCUT2D eigenvalue weighted by Crippen LogP contribution is 2.48. The Hall–Kier alpha value is -1.42. The Kier molecular flexibility index (Phi) is 8.98. The highest BCUT2D eigenvalue weighted by atomic mass is 19.4. The summed E-state index contributed by atoms with van der Waals surface area (Å²) >= 11 is 0. The molecule has 0 bridgehead atoms. The van der Waals surface area contributed by atoms with Gasteiger partial charge in [0.1, 0.15) is 0 Å². The second-order valence-corrected chi connectivity index (χ2v) is 5.66. The second kappa shape index (κ2) is 9.50. The summed E-state index contributed by atoms with van der Waals surface area (Å²) in [5, 5.41) is 0. The molecule has 0 aliphatic carbocycles. The predicted molar refractivity (Wildman–Crippen MR) is 74.1 cm³/mol. The van der Waals surface area contributed by atoms with E-state index in [2.05, 4.69) is 11.3 Å². The summed E-state index contributed by atoms with van der Waals surface area (Å²) in [4.78, 5) is 10.6. The van der Waals surface area contributed by atoms with Gasteiger partial charge in [-0.15, -0.1) is 0 Å². The van der Waals surface area contributed by atoms with Crippen molar-refractivity contribution in [3.8, 4) is 0 Å². The zero-order valence-electron chi connectivity index (χ0n) is 13.7. The third kappa shape index (κ3) is 7.86. The molecule has 11 heteroatoms. The van der Waals surface area contributed by atoms with Crippen molar-refractivity contribution in [1.82, 2.24) is 0 Å². The Morgan fingerprint density at radius 2 is 1.19 bits per heavy atom. The van der Waals surface area contributed by atoms with Crippen molar-refractivity contribution >= 4 is 5.97 Å². The van der Waals surface area contributed by atoms with Gasteiger partial charge in [0.05, 0.1) is 0 Å². The predicted octanol–water partition coefficient (Wildman–Crippen LogP) is 6.26. The molecule has 154 valence electrons. The molecule has 0 N–H and O–H groups in total. The second-order valence-electron chi connectivity index (χ2n) is 5.66. The maximum absolute atomic E-state index is 13.4. The van der Waals surface area contributed by atoms with Gasteiger partial charge < -0.3 is 4.74 Å². The molecule has 2 nitrogen and oxygen atoms in total. The first-order chi connectivity index (χ1) is 11.7. The molecule has 0 aromatic carbocycles. The molecule has 26 heavy (non-hydrogen) atoms. The van der Waals surface area contributed by atoms with Gasteiger partial charge in [0.25, 0.3) is 0 Å². The molecule has 0 heterocycles. The molecule has 0 saturated carbocycles. The van der Waals surface area contributed by atoms with Crippen molar-refractivity contribution in [3.63, 3.8) is 0 Å². The third-order valence-electron chi connectivity index (χ3n) is 3.42. The van der Waals surface area contributed by atoms with E-state index in [0.717, 1.165) is 0 Å². The lowest BCUT2D eigenvalue weighted by Gasteiger charge is -2.31. The average Bonchev–Trinajstić information content (AvgIpc) is 2.47.